The molecule has 24 heavy (non-hydrogen) atoms. The lowest BCUT2D eigenvalue weighted by atomic mass is 9.98. The number of benzene rings is 1. The van der Waals surface area contributed by atoms with Crippen LogP contribution in [0.15, 0.2) is 24.3 Å². The fourth-order valence-corrected chi connectivity index (χ4v) is 3.08. The van der Waals surface area contributed by atoms with Gasteiger partial charge in [0.15, 0.2) is 0 Å². The molecule has 6 heteroatoms. The molecule has 0 radical (unpaired) electrons. The number of likely N-dealkylation sites (tertiary alicyclic amines) is 1. The van der Waals surface area contributed by atoms with Crippen molar-refractivity contribution in [2.75, 3.05) is 6.54 Å². The van der Waals surface area contributed by atoms with Crippen LogP contribution in [0.1, 0.15) is 49.8 Å². The number of carbonyl (C=O) groups is 3. The number of piperidine rings is 1. The molecule has 2 unspecified atom stereocenters. The van der Waals surface area contributed by atoms with Crippen molar-refractivity contribution in [3.8, 4) is 0 Å². The second-order valence-corrected chi connectivity index (χ2v) is 6.30. The van der Waals surface area contributed by atoms with Crippen LogP contribution in [-0.2, 0) is 14.4 Å². The van der Waals surface area contributed by atoms with E-state index < -0.39 is 18.1 Å². The summed E-state index contributed by atoms with van der Waals surface area (Å²) in [6.45, 7) is 3.83. The highest BCUT2D eigenvalue weighted by atomic mass is 16.4. The van der Waals surface area contributed by atoms with E-state index in [-0.39, 0.29) is 18.2 Å². The number of carbonyl (C=O) groups excluding carboxylic acids is 2. The predicted molar refractivity (Wildman–Crippen MR) is 89.3 cm³/mol. The molecule has 0 saturated carbocycles. The van der Waals surface area contributed by atoms with Gasteiger partial charge in [0, 0.05) is 13.5 Å². The normalized spacial score (nSPS) is 18.8. The van der Waals surface area contributed by atoms with Crippen molar-refractivity contribution in [2.45, 2.75) is 51.6 Å². The average molecular weight is 332 g/mol. The molecule has 0 aliphatic carbocycles. The highest BCUT2D eigenvalue weighted by Crippen LogP contribution is 2.23. The highest BCUT2D eigenvalue weighted by molar-refractivity contribution is 5.85. The van der Waals surface area contributed by atoms with Gasteiger partial charge in [0.1, 0.15) is 6.04 Å². The lowest BCUT2D eigenvalue weighted by Gasteiger charge is -2.34. The Bertz CT molecular complexity index is 612. The summed E-state index contributed by atoms with van der Waals surface area (Å²) in [4.78, 5) is 37.0. The number of nitrogens with zero attached hydrogens (tertiary/aromatic N) is 1. The molecule has 6 nitrogen and oxygen atoms in total. The third-order valence-corrected chi connectivity index (χ3v) is 4.34. The molecule has 1 heterocycles. The van der Waals surface area contributed by atoms with E-state index in [1.807, 2.05) is 31.2 Å². The van der Waals surface area contributed by atoms with Crippen LogP contribution in [0.25, 0.3) is 0 Å². The number of amides is 2. The number of nitrogens with one attached hydrogen (secondary N) is 1. The number of aryl methyl sites for hydroxylation is 1. The van der Waals surface area contributed by atoms with Gasteiger partial charge in [-0.25, -0.2) is 4.79 Å². The van der Waals surface area contributed by atoms with Crippen LogP contribution in [0.4, 0.5) is 0 Å². The lowest BCUT2D eigenvalue weighted by Crippen LogP contribution is -2.48. The first kappa shape index (κ1) is 18.0. The van der Waals surface area contributed by atoms with E-state index >= 15 is 0 Å². The predicted octanol–water partition coefficient (Wildman–Crippen LogP) is 2.03. The summed E-state index contributed by atoms with van der Waals surface area (Å²) in [5.41, 5.74) is 1.93. The van der Waals surface area contributed by atoms with Crippen molar-refractivity contribution < 1.29 is 19.5 Å². The van der Waals surface area contributed by atoms with E-state index in [1.165, 1.54) is 11.8 Å². The molecule has 2 N–H and O–H groups in total. The van der Waals surface area contributed by atoms with Crippen molar-refractivity contribution in [1.29, 1.82) is 0 Å². The molecule has 1 aromatic rings. The van der Waals surface area contributed by atoms with Crippen LogP contribution in [0, 0.1) is 6.92 Å². The number of rotatable bonds is 5. The van der Waals surface area contributed by atoms with Gasteiger partial charge < -0.3 is 15.3 Å². The Kier molecular flexibility index (Phi) is 5.95. The van der Waals surface area contributed by atoms with Gasteiger partial charge in [0.05, 0.1) is 12.5 Å². The smallest absolute Gasteiger partial charge is 0.326 e. The molecule has 0 bridgehead atoms. The van der Waals surface area contributed by atoms with Crippen molar-refractivity contribution in [3.05, 3.63) is 35.4 Å². The molecule has 2 amide bonds. The zero-order valence-corrected chi connectivity index (χ0v) is 14.1. The molecule has 1 aromatic carbocycles. The Morgan fingerprint density at radius 3 is 2.50 bits per heavy atom. The second-order valence-electron chi connectivity index (χ2n) is 6.30. The SMILES string of the molecule is CC(=O)NC(CC(=O)N1CCCCC1C(=O)O)c1ccc(C)cc1. The maximum Gasteiger partial charge on any atom is 0.326 e. The van der Waals surface area contributed by atoms with Gasteiger partial charge in [-0.05, 0) is 31.7 Å². The molecule has 130 valence electrons. The molecule has 2 atom stereocenters. The quantitative estimate of drug-likeness (QED) is 0.864. The van der Waals surface area contributed by atoms with Crippen LogP contribution < -0.4 is 5.32 Å². The average Bonchev–Trinajstić information content (AvgIpc) is 2.54. The minimum Gasteiger partial charge on any atom is -0.480 e. The first-order valence-corrected chi connectivity index (χ1v) is 8.24. The molecule has 1 aliphatic heterocycles. The number of aliphatic carboxylic acids is 1. The minimum atomic E-state index is -0.963. The van der Waals surface area contributed by atoms with Gasteiger partial charge in [-0.1, -0.05) is 29.8 Å². The van der Waals surface area contributed by atoms with Crippen molar-refractivity contribution >= 4 is 17.8 Å². The summed E-state index contributed by atoms with van der Waals surface area (Å²) in [6.07, 6.45) is 2.17. The summed E-state index contributed by atoms with van der Waals surface area (Å²) in [5, 5.41) is 12.1. The third-order valence-electron chi connectivity index (χ3n) is 4.34. The minimum absolute atomic E-state index is 0.0619. The molecule has 0 spiro atoms. The van der Waals surface area contributed by atoms with E-state index in [0.29, 0.717) is 13.0 Å². The Morgan fingerprint density at radius 1 is 1.25 bits per heavy atom. The molecule has 1 aliphatic rings. The molecular weight excluding hydrogens is 308 g/mol. The van der Waals surface area contributed by atoms with Gasteiger partial charge in [-0.2, -0.15) is 0 Å². The van der Waals surface area contributed by atoms with Crippen LogP contribution in [0.3, 0.4) is 0 Å². The number of hydrogen-bond acceptors (Lipinski definition) is 3. The van der Waals surface area contributed by atoms with Gasteiger partial charge in [-0.15, -0.1) is 0 Å². The number of carboxylic acid groups (broad SMARTS) is 1. The molecule has 1 fully saturated rings. The van der Waals surface area contributed by atoms with E-state index in [1.54, 1.807) is 0 Å². The monoisotopic (exact) mass is 332 g/mol. The summed E-state index contributed by atoms with van der Waals surface area (Å²) in [6, 6.07) is 6.40. The fraction of sp³-hybridized carbons (Fsp3) is 0.500. The van der Waals surface area contributed by atoms with Gasteiger partial charge in [-0.3, -0.25) is 9.59 Å². The summed E-state index contributed by atoms with van der Waals surface area (Å²) in [5.74, 6) is -1.42. The van der Waals surface area contributed by atoms with Crippen molar-refractivity contribution in [3.63, 3.8) is 0 Å². The third kappa shape index (κ3) is 4.57. The maximum atomic E-state index is 12.7. The zero-order valence-electron chi connectivity index (χ0n) is 14.1. The van der Waals surface area contributed by atoms with Crippen molar-refractivity contribution in [1.82, 2.24) is 10.2 Å². The Morgan fingerprint density at radius 2 is 1.92 bits per heavy atom. The van der Waals surface area contributed by atoms with E-state index in [0.717, 1.165) is 24.0 Å². The van der Waals surface area contributed by atoms with Crippen molar-refractivity contribution in [2.24, 2.45) is 0 Å². The first-order valence-electron chi connectivity index (χ1n) is 8.24. The zero-order chi connectivity index (χ0) is 17.7. The largest absolute Gasteiger partial charge is 0.480 e. The lowest BCUT2D eigenvalue weighted by molar-refractivity contribution is -0.152. The number of carboxylic acids is 1. The molecule has 0 aromatic heterocycles. The molecule has 1 saturated heterocycles. The van der Waals surface area contributed by atoms with E-state index in [4.69, 9.17) is 0 Å². The van der Waals surface area contributed by atoms with Gasteiger partial charge in [0.25, 0.3) is 0 Å². The van der Waals surface area contributed by atoms with Crippen LogP contribution in [0.5, 0.6) is 0 Å². The van der Waals surface area contributed by atoms with Gasteiger partial charge >= 0.3 is 5.97 Å². The molecule has 2 rings (SSSR count). The van der Waals surface area contributed by atoms with E-state index in [9.17, 15) is 19.5 Å². The van der Waals surface area contributed by atoms with Crippen LogP contribution in [-0.4, -0.2) is 40.4 Å². The highest BCUT2D eigenvalue weighted by Gasteiger charge is 2.33. The Hall–Kier alpha value is -2.37. The van der Waals surface area contributed by atoms with Crippen LogP contribution in [0.2, 0.25) is 0 Å². The Labute approximate surface area is 141 Å². The van der Waals surface area contributed by atoms with Crippen LogP contribution >= 0.6 is 0 Å². The fourth-order valence-electron chi connectivity index (χ4n) is 3.08. The molecular formula is C18H24N2O4. The van der Waals surface area contributed by atoms with E-state index in [2.05, 4.69) is 5.32 Å². The maximum absolute atomic E-state index is 12.7. The summed E-state index contributed by atoms with van der Waals surface area (Å²) in [7, 11) is 0. The van der Waals surface area contributed by atoms with Gasteiger partial charge in [0.2, 0.25) is 11.8 Å². The topological polar surface area (TPSA) is 86.7 Å². The standard InChI is InChI=1S/C18H24N2O4/c1-12-6-8-14(9-7-12)15(19-13(2)21)11-17(22)20-10-4-3-5-16(20)18(23)24/h6-9,15-16H,3-5,10-11H2,1-2H3,(H,19,21)(H,23,24). The number of hydrogen-bond donors (Lipinski definition) is 2. The summed E-state index contributed by atoms with van der Waals surface area (Å²) >= 11 is 0. The first-order chi connectivity index (χ1) is 11.4. The summed E-state index contributed by atoms with van der Waals surface area (Å²) < 4.78 is 0. The second kappa shape index (κ2) is 7.95. The Balaban J connectivity index is 2.15.